The van der Waals surface area contributed by atoms with Gasteiger partial charge in [-0.05, 0) is 26.8 Å². The van der Waals surface area contributed by atoms with Crippen LogP contribution in [0.15, 0.2) is 18.2 Å². The van der Waals surface area contributed by atoms with Crippen molar-refractivity contribution in [2.75, 3.05) is 6.61 Å². The van der Waals surface area contributed by atoms with Gasteiger partial charge in [-0.2, -0.15) is 0 Å². The summed E-state index contributed by atoms with van der Waals surface area (Å²) in [6, 6.07) is 5.61. The van der Waals surface area contributed by atoms with Crippen LogP contribution in [0.1, 0.15) is 30.9 Å². The summed E-state index contributed by atoms with van der Waals surface area (Å²) in [5.74, 6) is -0.703. The first-order chi connectivity index (χ1) is 7.06. The quantitative estimate of drug-likeness (QED) is 0.827. The standard InChI is InChI=1S/C12H16O3/c1-4-15-11-6-5-8(2)7-10(11)9(3)12(13)14/h5-7,9H,4H2,1-3H3,(H,13,14). The molecular formula is C12H16O3. The fraction of sp³-hybridized carbons (Fsp3) is 0.417. The van der Waals surface area contributed by atoms with Crippen LogP contribution in [0.25, 0.3) is 0 Å². The number of hydrogen-bond acceptors (Lipinski definition) is 2. The highest BCUT2D eigenvalue weighted by Gasteiger charge is 2.18. The van der Waals surface area contributed by atoms with Crippen molar-refractivity contribution in [1.29, 1.82) is 0 Å². The van der Waals surface area contributed by atoms with Gasteiger partial charge in [0.15, 0.2) is 0 Å². The molecule has 3 heteroatoms. The van der Waals surface area contributed by atoms with Crippen molar-refractivity contribution in [2.45, 2.75) is 26.7 Å². The Bertz CT molecular complexity index is 358. The van der Waals surface area contributed by atoms with Gasteiger partial charge in [0.1, 0.15) is 5.75 Å². The fourth-order valence-electron chi connectivity index (χ4n) is 1.43. The molecule has 0 aromatic heterocycles. The SMILES string of the molecule is CCOc1ccc(C)cc1C(C)C(=O)O. The molecule has 1 atom stereocenters. The molecule has 15 heavy (non-hydrogen) atoms. The van der Waals surface area contributed by atoms with E-state index in [0.29, 0.717) is 12.4 Å². The van der Waals surface area contributed by atoms with Gasteiger partial charge in [-0.3, -0.25) is 4.79 Å². The summed E-state index contributed by atoms with van der Waals surface area (Å²) in [5, 5.41) is 8.96. The number of carboxylic acids is 1. The number of benzene rings is 1. The van der Waals surface area contributed by atoms with Gasteiger partial charge < -0.3 is 9.84 Å². The topological polar surface area (TPSA) is 46.5 Å². The smallest absolute Gasteiger partial charge is 0.310 e. The van der Waals surface area contributed by atoms with Gasteiger partial charge >= 0.3 is 5.97 Å². The molecule has 0 radical (unpaired) electrons. The van der Waals surface area contributed by atoms with Crippen molar-refractivity contribution >= 4 is 5.97 Å². The van der Waals surface area contributed by atoms with Crippen molar-refractivity contribution in [3.8, 4) is 5.75 Å². The first kappa shape index (κ1) is 11.6. The van der Waals surface area contributed by atoms with E-state index in [9.17, 15) is 4.79 Å². The summed E-state index contributed by atoms with van der Waals surface area (Å²) in [4.78, 5) is 10.9. The second kappa shape index (κ2) is 4.82. The fourth-order valence-corrected chi connectivity index (χ4v) is 1.43. The number of aryl methyl sites for hydroxylation is 1. The van der Waals surface area contributed by atoms with Crippen LogP contribution in [0, 0.1) is 6.92 Å². The van der Waals surface area contributed by atoms with Crippen LogP contribution >= 0.6 is 0 Å². The lowest BCUT2D eigenvalue weighted by atomic mass is 9.98. The van der Waals surface area contributed by atoms with Crippen LogP contribution in [-0.4, -0.2) is 17.7 Å². The Kier molecular flexibility index (Phi) is 3.72. The number of hydrogen-bond donors (Lipinski definition) is 1. The minimum Gasteiger partial charge on any atom is -0.494 e. The largest absolute Gasteiger partial charge is 0.494 e. The highest BCUT2D eigenvalue weighted by molar-refractivity contribution is 5.76. The third-order valence-electron chi connectivity index (χ3n) is 2.30. The number of ether oxygens (including phenoxy) is 1. The average Bonchev–Trinajstić information content (AvgIpc) is 2.20. The molecule has 0 heterocycles. The number of carboxylic acid groups (broad SMARTS) is 1. The molecular weight excluding hydrogens is 192 g/mol. The molecule has 0 aliphatic carbocycles. The van der Waals surface area contributed by atoms with Crippen LogP contribution in [0.2, 0.25) is 0 Å². The Morgan fingerprint density at radius 1 is 1.53 bits per heavy atom. The molecule has 0 saturated carbocycles. The summed E-state index contributed by atoms with van der Waals surface area (Å²) < 4.78 is 5.40. The van der Waals surface area contributed by atoms with Gasteiger partial charge in [-0.25, -0.2) is 0 Å². The highest BCUT2D eigenvalue weighted by atomic mass is 16.5. The van der Waals surface area contributed by atoms with Crippen molar-refractivity contribution in [3.63, 3.8) is 0 Å². The molecule has 82 valence electrons. The molecule has 0 amide bonds. The van der Waals surface area contributed by atoms with E-state index >= 15 is 0 Å². The molecule has 0 aliphatic rings. The summed E-state index contributed by atoms with van der Waals surface area (Å²) >= 11 is 0. The van der Waals surface area contributed by atoms with E-state index in [2.05, 4.69) is 0 Å². The van der Waals surface area contributed by atoms with E-state index < -0.39 is 11.9 Å². The number of rotatable bonds is 4. The van der Waals surface area contributed by atoms with Gasteiger partial charge in [0.2, 0.25) is 0 Å². The zero-order valence-electron chi connectivity index (χ0n) is 9.28. The molecule has 0 bridgehead atoms. The zero-order valence-corrected chi connectivity index (χ0v) is 9.28. The number of carbonyl (C=O) groups is 1. The summed E-state index contributed by atoms with van der Waals surface area (Å²) in [7, 11) is 0. The first-order valence-corrected chi connectivity index (χ1v) is 5.02. The zero-order chi connectivity index (χ0) is 11.4. The van der Waals surface area contributed by atoms with E-state index in [0.717, 1.165) is 11.1 Å². The molecule has 0 spiro atoms. The molecule has 0 saturated heterocycles. The van der Waals surface area contributed by atoms with Crippen molar-refractivity contribution in [2.24, 2.45) is 0 Å². The Morgan fingerprint density at radius 2 is 2.20 bits per heavy atom. The first-order valence-electron chi connectivity index (χ1n) is 5.02. The number of aliphatic carboxylic acids is 1. The lowest BCUT2D eigenvalue weighted by molar-refractivity contribution is -0.138. The molecule has 1 aromatic rings. The molecule has 0 aliphatic heterocycles. The molecule has 0 fully saturated rings. The highest BCUT2D eigenvalue weighted by Crippen LogP contribution is 2.27. The van der Waals surface area contributed by atoms with E-state index in [-0.39, 0.29) is 0 Å². The van der Waals surface area contributed by atoms with Crippen molar-refractivity contribution in [3.05, 3.63) is 29.3 Å². The summed E-state index contributed by atoms with van der Waals surface area (Å²) in [6.45, 7) is 6.03. The van der Waals surface area contributed by atoms with Gasteiger partial charge in [0.25, 0.3) is 0 Å². The molecule has 1 N–H and O–H groups in total. The van der Waals surface area contributed by atoms with Crippen LogP contribution in [-0.2, 0) is 4.79 Å². The van der Waals surface area contributed by atoms with Crippen molar-refractivity contribution in [1.82, 2.24) is 0 Å². The summed E-state index contributed by atoms with van der Waals surface area (Å²) in [5.41, 5.74) is 1.78. The van der Waals surface area contributed by atoms with Crippen LogP contribution < -0.4 is 4.74 Å². The average molecular weight is 208 g/mol. The van der Waals surface area contributed by atoms with Crippen LogP contribution in [0.4, 0.5) is 0 Å². The van der Waals surface area contributed by atoms with Gasteiger partial charge in [0, 0.05) is 5.56 Å². The van der Waals surface area contributed by atoms with E-state index in [1.807, 2.05) is 32.0 Å². The lowest BCUT2D eigenvalue weighted by Crippen LogP contribution is -2.09. The Morgan fingerprint density at radius 3 is 2.73 bits per heavy atom. The van der Waals surface area contributed by atoms with Gasteiger partial charge in [-0.1, -0.05) is 17.7 Å². The second-order valence-corrected chi connectivity index (χ2v) is 3.53. The minimum absolute atomic E-state index is 0.536. The lowest BCUT2D eigenvalue weighted by Gasteiger charge is -2.14. The van der Waals surface area contributed by atoms with Crippen LogP contribution in [0.5, 0.6) is 5.75 Å². The maximum Gasteiger partial charge on any atom is 0.310 e. The third kappa shape index (κ3) is 2.72. The third-order valence-corrected chi connectivity index (χ3v) is 2.30. The van der Waals surface area contributed by atoms with E-state index in [4.69, 9.17) is 9.84 Å². The molecule has 1 unspecified atom stereocenters. The van der Waals surface area contributed by atoms with Crippen LogP contribution in [0.3, 0.4) is 0 Å². The maximum atomic E-state index is 10.9. The summed E-state index contributed by atoms with van der Waals surface area (Å²) in [6.07, 6.45) is 0. The Labute approximate surface area is 89.7 Å². The monoisotopic (exact) mass is 208 g/mol. The molecule has 1 rings (SSSR count). The Balaban J connectivity index is 3.11. The normalized spacial score (nSPS) is 12.2. The van der Waals surface area contributed by atoms with Gasteiger partial charge in [-0.15, -0.1) is 0 Å². The maximum absolute atomic E-state index is 10.9. The second-order valence-electron chi connectivity index (χ2n) is 3.53. The minimum atomic E-state index is -0.832. The molecule has 3 nitrogen and oxygen atoms in total. The Hall–Kier alpha value is -1.51. The van der Waals surface area contributed by atoms with Crippen molar-refractivity contribution < 1.29 is 14.6 Å². The molecule has 1 aromatic carbocycles. The van der Waals surface area contributed by atoms with E-state index in [1.165, 1.54) is 0 Å². The van der Waals surface area contributed by atoms with Gasteiger partial charge in [0.05, 0.1) is 12.5 Å². The predicted molar refractivity (Wildman–Crippen MR) is 58.4 cm³/mol. The predicted octanol–water partition coefficient (Wildman–Crippen LogP) is 2.58. The van der Waals surface area contributed by atoms with E-state index in [1.54, 1.807) is 6.92 Å².